The molecule has 0 aliphatic rings. The van der Waals surface area contributed by atoms with Crippen LogP contribution in [0.4, 0.5) is 11.4 Å². The molecule has 0 saturated heterocycles. The third-order valence-corrected chi connectivity index (χ3v) is 4.86. The summed E-state index contributed by atoms with van der Waals surface area (Å²) in [6.07, 6.45) is 8.02. The Morgan fingerprint density at radius 2 is 1.41 bits per heavy atom. The van der Waals surface area contributed by atoms with Gasteiger partial charge in [0.2, 0.25) is 0 Å². The van der Waals surface area contributed by atoms with Crippen LogP contribution in [0.1, 0.15) is 70.9 Å². The monoisotopic (exact) mass is 362 g/mol. The molecule has 0 atom stereocenters. The molecular formula is C25H34N2. The average molecular weight is 363 g/mol. The van der Waals surface area contributed by atoms with Crippen LogP contribution in [0.2, 0.25) is 0 Å². The highest BCUT2D eigenvalue weighted by molar-refractivity contribution is 6.42. The summed E-state index contributed by atoms with van der Waals surface area (Å²) in [5.74, 6) is 0. The van der Waals surface area contributed by atoms with E-state index in [1.807, 2.05) is 18.2 Å². The van der Waals surface area contributed by atoms with Crippen LogP contribution in [0.3, 0.4) is 0 Å². The van der Waals surface area contributed by atoms with Gasteiger partial charge in [-0.25, -0.2) is 0 Å². The van der Waals surface area contributed by atoms with Gasteiger partial charge in [-0.1, -0.05) is 64.3 Å². The van der Waals surface area contributed by atoms with E-state index in [4.69, 9.17) is 9.98 Å². The highest BCUT2D eigenvalue weighted by Gasteiger charge is 2.07. The van der Waals surface area contributed by atoms with Crippen LogP contribution in [0.25, 0.3) is 0 Å². The molecule has 0 radical (unpaired) electrons. The van der Waals surface area contributed by atoms with Crippen LogP contribution in [0, 0.1) is 0 Å². The zero-order chi connectivity index (χ0) is 19.5. The molecule has 0 fully saturated rings. The molecule has 0 bridgehead atoms. The van der Waals surface area contributed by atoms with E-state index in [1.165, 1.54) is 36.8 Å². The second kappa shape index (κ2) is 11.5. The highest BCUT2D eigenvalue weighted by atomic mass is 14.8. The van der Waals surface area contributed by atoms with E-state index in [2.05, 4.69) is 58.0 Å². The molecular weight excluding hydrogens is 328 g/mol. The molecule has 0 N–H and O–H groups in total. The Hall–Kier alpha value is -2.22. The Kier molecular flexibility index (Phi) is 8.97. The van der Waals surface area contributed by atoms with Gasteiger partial charge in [0.25, 0.3) is 0 Å². The van der Waals surface area contributed by atoms with Crippen LogP contribution in [0.5, 0.6) is 0 Å². The molecule has 2 aromatic rings. The smallest absolute Gasteiger partial charge is 0.0639 e. The predicted molar refractivity (Wildman–Crippen MR) is 120 cm³/mol. The first-order valence-corrected chi connectivity index (χ1v) is 10.5. The average Bonchev–Trinajstić information content (AvgIpc) is 2.70. The molecule has 2 aromatic carbocycles. The standard InChI is InChI=1S/C25H34N2/c1-5-8-9-13-16-25(27-23-14-11-10-12-15-23)20(4)26-24-18-21(6-2)17-22(7-3)19-24/h10-12,14-15,17-19H,5-9,13,16H2,1-4H3. The lowest BCUT2D eigenvalue weighted by Gasteiger charge is -2.09. The van der Waals surface area contributed by atoms with Crippen molar-refractivity contribution in [3.05, 3.63) is 59.7 Å². The van der Waals surface area contributed by atoms with Gasteiger partial charge in [-0.15, -0.1) is 0 Å². The van der Waals surface area contributed by atoms with Crippen molar-refractivity contribution in [1.29, 1.82) is 0 Å². The fourth-order valence-corrected chi connectivity index (χ4v) is 3.17. The van der Waals surface area contributed by atoms with E-state index >= 15 is 0 Å². The number of aliphatic imine (C=N–C) groups is 2. The minimum Gasteiger partial charge on any atom is -0.252 e. The zero-order valence-electron chi connectivity index (χ0n) is 17.5. The largest absolute Gasteiger partial charge is 0.252 e. The van der Waals surface area contributed by atoms with Crippen molar-refractivity contribution in [2.75, 3.05) is 0 Å². The van der Waals surface area contributed by atoms with Crippen LogP contribution in [-0.2, 0) is 12.8 Å². The topological polar surface area (TPSA) is 24.7 Å². The minimum absolute atomic E-state index is 0.984. The van der Waals surface area contributed by atoms with Crippen molar-refractivity contribution < 1.29 is 0 Å². The Labute approximate surface area is 165 Å². The van der Waals surface area contributed by atoms with Gasteiger partial charge < -0.3 is 0 Å². The fourth-order valence-electron chi connectivity index (χ4n) is 3.17. The van der Waals surface area contributed by atoms with Gasteiger partial charge in [0.15, 0.2) is 0 Å². The third-order valence-electron chi connectivity index (χ3n) is 4.86. The van der Waals surface area contributed by atoms with Gasteiger partial charge in [-0.2, -0.15) is 0 Å². The molecule has 144 valence electrons. The van der Waals surface area contributed by atoms with Crippen molar-refractivity contribution in [2.45, 2.75) is 72.6 Å². The molecule has 2 heteroatoms. The van der Waals surface area contributed by atoms with E-state index in [9.17, 15) is 0 Å². The molecule has 2 nitrogen and oxygen atoms in total. The van der Waals surface area contributed by atoms with Crippen LogP contribution in [-0.4, -0.2) is 11.4 Å². The molecule has 0 amide bonds. The summed E-state index contributed by atoms with van der Waals surface area (Å²) < 4.78 is 0. The molecule has 27 heavy (non-hydrogen) atoms. The predicted octanol–water partition coefficient (Wildman–Crippen LogP) is 7.65. The number of para-hydroxylation sites is 1. The van der Waals surface area contributed by atoms with Crippen LogP contribution < -0.4 is 0 Å². The number of nitrogens with zero attached hydrogens (tertiary/aromatic N) is 2. The first-order chi connectivity index (χ1) is 13.2. The number of unbranched alkanes of at least 4 members (excludes halogenated alkanes) is 3. The Balaban J connectivity index is 2.30. The van der Waals surface area contributed by atoms with Gasteiger partial charge in [0, 0.05) is 0 Å². The van der Waals surface area contributed by atoms with E-state index in [0.717, 1.165) is 42.1 Å². The number of hydrogen-bond donors (Lipinski definition) is 0. The number of rotatable bonds is 10. The van der Waals surface area contributed by atoms with Crippen molar-refractivity contribution in [1.82, 2.24) is 0 Å². The van der Waals surface area contributed by atoms with Crippen molar-refractivity contribution in [3.8, 4) is 0 Å². The first kappa shape index (κ1) is 21.1. The van der Waals surface area contributed by atoms with E-state index in [1.54, 1.807) is 0 Å². The Morgan fingerprint density at radius 1 is 0.741 bits per heavy atom. The van der Waals surface area contributed by atoms with Crippen LogP contribution >= 0.6 is 0 Å². The summed E-state index contributed by atoms with van der Waals surface area (Å²) in [4.78, 5) is 9.88. The summed E-state index contributed by atoms with van der Waals surface area (Å²) in [6.45, 7) is 8.75. The maximum absolute atomic E-state index is 4.96. The molecule has 0 aliphatic heterocycles. The Morgan fingerprint density at radius 3 is 2.00 bits per heavy atom. The Bertz CT molecular complexity index is 735. The van der Waals surface area contributed by atoms with Gasteiger partial charge >= 0.3 is 0 Å². The lowest BCUT2D eigenvalue weighted by Crippen LogP contribution is -2.10. The van der Waals surface area contributed by atoms with Crippen molar-refractivity contribution in [2.24, 2.45) is 9.98 Å². The van der Waals surface area contributed by atoms with Gasteiger partial charge in [-0.3, -0.25) is 9.98 Å². The summed E-state index contributed by atoms with van der Waals surface area (Å²) in [7, 11) is 0. The molecule has 2 rings (SSSR count). The normalized spacial score (nSPS) is 12.4. The number of aryl methyl sites for hydroxylation is 2. The SMILES string of the molecule is CCCCCCC(=Nc1ccccc1)C(C)=Nc1cc(CC)cc(CC)c1. The van der Waals surface area contributed by atoms with Gasteiger partial charge in [0.05, 0.1) is 22.8 Å². The molecule has 0 saturated carbocycles. The molecule has 0 aromatic heterocycles. The fraction of sp³-hybridized carbons (Fsp3) is 0.440. The first-order valence-electron chi connectivity index (χ1n) is 10.5. The molecule has 0 aliphatic carbocycles. The zero-order valence-corrected chi connectivity index (χ0v) is 17.5. The number of hydrogen-bond acceptors (Lipinski definition) is 2. The summed E-state index contributed by atoms with van der Waals surface area (Å²) in [5.41, 5.74) is 6.91. The van der Waals surface area contributed by atoms with Crippen LogP contribution in [0.15, 0.2) is 58.5 Å². The maximum Gasteiger partial charge on any atom is 0.0639 e. The third kappa shape index (κ3) is 7.13. The van der Waals surface area contributed by atoms with Crippen molar-refractivity contribution >= 4 is 22.8 Å². The number of benzene rings is 2. The summed E-state index contributed by atoms with van der Waals surface area (Å²) in [5, 5.41) is 0. The second-order valence-electron chi connectivity index (χ2n) is 7.12. The molecule has 0 spiro atoms. The summed E-state index contributed by atoms with van der Waals surface area (Å²) >= 11 is 0. The lowest BCUT2D eigenvalue weighted by molar-refractivity contribution is 0.684. The lowest BCUT2D eigenvalue weighted by atomic mass is 10.0. The quantitative estimate of drug-likeness (QED) is 0.306. The highest BCUT2D eigenvalue weighted by Crippen LogP contribution is 2.21. The van der Waals surface area contributed by atoms with Gasteiger partial charge in [0.1, 0.15) is 0 Å². The van der Waals surface area contributed by atoms with Gasteiger partial charge in [-0.05, 0) is 68.0 Å². The summed E-state index contributed by atoms with van der Waals surface area (Å²) in [6, 6.07) is 16.9. The molecule has 0 unspecified atom stereocenters. The molecule has 0 heterocycles. The minimum atomic E-state index is 0.984. The van der Waals surface area contributed by atoms with E-state index in [0.29, 0.717) is 0 Å². The van der Waals surface area contributed by atoms with E-state index < -0.39 is 0 Å². The maximum atomic E-state index is 4.96. The second-order valence-corrected chi connectivity index (χ2v) is 7.12. The van der Waals surface area contributed by atoms with Crippen molar-refractivity contribution in [3.63, 3.8) is 0 Å². The van der Waals surface area contributed by atoms with E-state index in [-0.39, 0.29) is 0 Å².